The molecular formula is C20H20SiZr. The molecule has 3 aromatic carbocycles. The fraction of sp³-hybridized carbons (Fsp3) is 0.150. The molecule has 108 valence electrons. The van der Waals surface area contributed by atoms with Gasteiger partial charge in [-0.2, -0.15) is 48.0 Å². The molecular weight excluding hydrogens is 360 g/mol. The van der Waals surface area contributed by atoms with Gasteiger partial charge in [0.15, 0.2) is 0 Å². The first kappa shape index (κ1) is 17.2. The van der Waals surface area contributed by atoms with Gasteiger partial charge in [-0.05, 0) is 6.42 Å². The van der Waals surface area contributed by atoms with Crippen LogP contribution in [-0.2, 0) is 29.8 Å². The molecule has 0 unspecified atom stereocenters. The van der Waals surface area contributed by atoms with E-state index in [1.165, 1.54) is 22.3 Å². The molecule has 0 aliphatic heterocycles. The van der Waals surface area contributed by atoms with E-state index in [1.807, 2.05) is 36.4 Å². The molecule has 0 aromatic heterocycles. The van der Waals surface area contributed by atoms with Gasteiger partial charge in [-0.3, -0.25) is 0 Å². The molecule has 0 bridgehead atoms. The average Bonchev–Trinajstić information content (AvgIpc) is 3.18. The zero-order valence-corrected chi connectivity index (χ0v) is 16.6. The second kappa shape index (κ2) is 9.12. The number of hydrogen-bond acceptors (Lipinski definition) is 0. The van der Waals surface area contributed by atoms with E-state index in [0.29, 0.717) is 0 Å². The van der Waals surface area contributed by atoms with E-state index < -0.39 is 0 Å². The predicted octanol–water partition coefficient (Wildman–Crippen LogP) is 5.25. The first-order valence-electron chi connectivity index (χ1n) is 7.45. The van der Waals surface area contributed by atoms with Crippen molar-refractivity contribution in [2.75, 3.05) is 0 Å². The monoisotopic (exact) mass is 378 g/mol. The standard InChI is InChI=1S/C13H9.C5H5.C2H6Si.Zr/c1-3-7-12-10(5-1)9-11-6-2-4-8-13(11)12;1-2-4-5-3-1;1-3-2;/h1-5,7-8H,9H2;1-5H;1-2H3;/q2*-1;;+2. The Balaban J connectivity index is 0.000000163. The molecule has 0 N–H and O–H groups in total. The van der Waals surface area contributed by atoms with Crippen molar-refractivity contribution in [1.82, 2.24) is 0 Å². The van der Waals surface area contributed by atoms with Crippen molar-refractivity contribution in [1.29, 1.82) is 0 Å². The third-order valence-electron chi connectivity index (χ3n) is 3.17. The number of benzene rings is 2. The van der Waals surface area contributed by atoms with E-state index in [9.17, 15) is 0 Å². The van der Waals surface area contributed by atoms with Crippen LogP contribution in [0, 0.1) is 6.07 Å². The summed E-state index contributed by atoms with van der Waals surface area (Å²) in [5.74, 6) is 0. The van der Waals surface area contributed by atoms with Gasteiger partial charge in [0.2, 0.25) is 0 Å². The van der Waals surface area contributed by atoms with Crippen LogP contribution < -0.4 is 0 Å². The smallest absolute Gasteiger partial charge is 0.0253 e. The Labute approximate surface area is 149 Å². The van der Waals surface area contributed by atoms with E-state index in [-0.39, 0.29) is 5.43 Å². The van der Waals surface area contributed by atoms with E-state index in [4.69, 9.17) is 0 Å². The van der Waals surface area contributed by atoms with Crippen LogP contribution in [0.5, 0.6) is 0 Å². The van der Waals surface area contributed by atoms with E-state index in [1.54, 1.807) is 23.3 Å². The zero-order chi connectivity index (χ0) is 15.8. The largest absolute Gasteiger partial charge is 0.214 e. The van der Waals surface area contributed by atoms with Crippen LogP contribution in [-0.4, -0.2) is 5.43 Å². The Hall–Kier alpha value is -1.11. The minimum atomic E-state index is 0.210. The molecule has 0 spiro atoms. The van der Waals surface area contributed by atoms with Gasteiger partial charge in [0.05, 0.1) is 0 Å². The molecule has 2 heteroatoms. The molecule has 22 heavy (non-hydrogen) atoms. The Morgan fingerprint density at radius 2 is 1.59 bits per heavy atom. The Kier molecular flexibility index (Phi) is 7.15. The molecule has 0 amide bonds. The summed E-state index contributed by atoms with van der Waals surface area (Å²) < 4.78 is 0. The second-order valence-corrected chi connectivity index (χ2v) is 14.7. The first-order valence-corrected chi connectivity index (χ1v) is 13.6. The minimum absolute atomic E-state index is 0.210. The fourth-order valence-electron chi connectivity index (χ4n) is 2.32. The van der Waals surface area contributed by atoms with E-state index in [2.05, 4.69) is 55.6 Å². The van der Waals surface area contributed by atoms with Gasteiger partial charge in [0.25, 0.3) is 0 Å². The second-order valence-electron chi connectivity index (χ2n) is 5.36. The summed E-state index contributed by atoms with van der Waals surface area (Å²) in [6.45, 7) is 4.62. The van der Waals surface area contributed by atoms with Crippen LogP contribution in [0.2, 0.25) is 13.1 Å². The van der Waals surface area contributed by atoms with Crippen LogP contribution in [0.1, 0.15) is 11.1 Å². The maximum Gasteiger partial charge on any atom is -0.0253 e. The van der Waals surface area contributed by atoms with Crippen molar-refractivity contribution in [2.45, 2.75) is 19.5 Å². The molecule has 0 heterocycles. The number of hydrogen-bond donors (Lipinski definition) is 0. The van der Waals surface area contributed by atoms with Gasteiger partial charge in [-0.15, -0.1) is 5.56 Å². The van der Waals surface area contributed by atoms with Gasteiger partial charge in [0.1, 0.15) is 0 Å². The van der Waals surface area contributed by atoms with E-state index in [0.717, 1.165) is 6.42 Å². The van der Waals surface area contributed by atoms with Gasteiger partial charge < -0.3 is 0 Å². The zero-order valence-electron chi connectivity index (χ0n) is 13.1. The Morgan fingerprint density at radius 1 is 0.955 bits per heavy atom. The first-order chi connectivity index (χ1) is 10.7. The summed E-state index contributed by atoms with van der Waals surface area (Å²) in [6.07, 6.45) is 1.05. The fourth-order valence-corrected chi connectivity index (χ4v) is 2.32. The van der Waals surface area contributed by atoms with Crippen molar-refractivity contribution < 1.29 is 23.3 Å². The summed E-state index contributed by atoms with van der Waals surface area (Å²) >= 11 is 1.74. The maximum atomic E-state index is 3.30. The molecule has 0 saturated heterocycles. The van der Waals surface area contributed by atoms with E-state index >= 15 is 0 Å². The molecule has 4 rings (SSSR count). The van der Waals surface area contributed by atoms with Crippen molar-refractivity contribution >= 4 is 5.43 Å². The molecule has 1 aliphatic rings. The predicted molar refractivity (Wildman–Crippen MR) is 93.0 cm³/mol. The van der Waals surface area contributed by atoms with Gasteiger partial charge in [-0.25, -0.2) is 12.1 Å². The molecule has 3 aromatic rings. The van der Waals surface area contributed by atoms with Crippen LogP contribution >= 0.6 is 0 Å². The molecule has 0 fully saturated rings. The summed E-state index contributed by atoms with van der Waals surface area (Å²) in [7, 11) is 0. The van der Waals surface area contributed by atoms with Gasteiger partial charge in [0, 0.05) is 0 Å². The van der Waals surface area contributed by atoms with Gasteiger partial charge >= 0.3 is 41.9 Å². The van der Waals surface area contributed by atoms with Crippen molar-refractivity contribution in [3.05, 3.63) is 90.0 Å². The number of fused-ring (bicyclic) bond motifs is 3. The Morgan fingerprint density at radius 3 is 2.23 bits per heavy atom. The van der Waals surface area contributed by atoms with Crippen LogP contribution in [0.25, 0.3) is 11.1 Å². The van der Waals surface area contributed by atoms with Crippen LogP contribution in [0.15, 0.2) is 72.8 Å². The molecule has 0 atom stereocenters. The number of rotatable bonds is 0. The summed E-state index contributed by atoms with van der Waals surface area (Å²) in [5.41, 5.74) is 5.72. The molecule has 0 nitrogen and oxygen atoms in total. The maximum absolute atomic E-state index is 3.30. The Bertz CT molecular complexity index is 649. The molecule has 1 aliphatic carbocycles. The van der Waals surface area contributed by atoms with Crippen LogP contribution in [0.4, 0.5) is 0 Å². The normalized spacial score (nSPS) is 10.4. The average molecular weight is 380 g/mol. The van der Waals surface area contributed by atoms with Gasteiger partial charge in [-0.1, -0.05) is 35.4 Å². The topological polar surface area (TPSA) is 0 Å². The third kappa shape index (κ3) is 5.26. The molecule has 0 radical (unpaired) electrons. The molecule has 0 saturated carbocycles. The summed E-state index contributed by atoms with van der Waals surface area (Å²) in [6, 6.07) is 28.1. The minimum Gasteiger partial charge on any atom is -0.214 e. The summed E-state index contributed by atoms with van der Waals surface area (Å²) in [4.78, 5) is 0. The van der Waals surface area contributed by atoms with Crippen molar-refractivity contribution in [3.63, 3.8) is 0 Å². The van der Waals surface area contributed by atoms with Crippen molar-refractivity contribution in [3.8, 4) is 11.1 Å². The third-order valence-corrected chi connectivity index (χ3v) is 3.17. The quantitative estimate of drug-likeness (QED) is 0.289. The SMILES string of the molecule is C[Si](C)=[Zr+2].[c-]1cccc2c1Cc1ccccc1-2.c1cc[cH-]c1. The van der Waals surface area contributed by atoms with Crippen molar-refractivity contribution in [2.24, 2.45) is 0 Å². The summed E-state index contributed by atoms with van der Waals surface area (Å²) in [5, 5.41) is 0. The van der Waals surface area contributed by atoms with Crippen LogP contribution in [0.3, 0.4) is 0 Å².